The zero-order valence-electron chi connectivity index (χ0n) is 5.85. The molecule has 0 fully saturated rings. The van der Waals surface area contributed by atoms with Gasteiger partial charge < -0.3 is 5.73 Å². The third kappa shape index (κ3) is 1.88. The molecule has 4 heteroatoms. The molecule has 0 amide bonds. The Morgan fingerprint density at radius 3 is 2.82 bits per heavy atom. The zero-order valence-corrected chi connectivity index (χ0v) is 6.61. The standard InChI is InChI=1S/C7H8ClFN2/c8-6-3-11-4-7(9)5(6)1-2-10/h3-4H,1-2,10H2. The number of pyridine rings is 1. The lowest BCUT2D eigenvalue weighted by Crippen LogP contribution is -2.05. The number of aromatic nitrogens is 1. The molecule has 0 aliphatic rings. The molecule has 0 aliphatic carbocycles. The summed E-state index contributed by atoms with van der Waals surface area (Å²) in [6, 6.07) is 0. The van der Waals surface area contributed by atoms with E-state index in [1.807, 2.05) is 0 Å². The average molecular weight is 175 g/mol. The van der Waals surface area contributed by atoms with Crippen molar-refractivity contribution in [1.29, 1.82) is 0 Å². The maximum absolute atomic E-state index is 12.8. The van der Waals surface area contributed by atoms with E-state index in [1.165, 1.54) is 6.20 Å². The van der Waals surface area contributed by atoms with Crippen LogP contribution in [0, 0.1) is 5.82 Å². The van der Waals surface area contributed by atoms with Gasteiger partial charge in [-0.25, -0.2) is 4.39 Å². The summed E-state index contributed by atoms with van der Waals surface area (Å²) in [5.41, 5.74) is 5.70. The van der Waals surface area contributed by atoms with E-state index in [-0.39, 0.29) is 5.82 Å². The Bertz CT molecular complexity index is 232. The summed E-state index contributed by atoms with van der Waals surface area (Å²) < 4.78 is 12.8. The Hall–Kier alpha value is -0.670. The third-order valence-electron chi connectivity index (χ3n) is 1.35. The Kier molecular flexibility index (Phi) is 2.79. The van der Waals surface area contributed by atoms with Crippen LogP contribution in [0.25, 0.3) is 0 Å². The van der Waals surface area contributed by atoms with Gasteiger partial charge in [0.2, 0.25) is 0 Å². The lowest BCUT2D eigenvalue weighted by Gasteiger charge is -2.01. The Balaban J connectivity index is 3.00. The Morgan fingerprint density at radius 2 is 2.27 bits per heavy atom. The average Bonchev–Trinajstić information content (AvgIpc) is 1.97. The van der Waals surface area contributed by atoms with Gasteiger partial charge in [-0.15, -0.1) is 0 Å². The summed E-state index contributed by atoms with van der Waals surface area (Å²) in [7, 11) is 0. The molecule has 0 saturated carbocycles. The minimum Gasteiger partial charge on any atom is -0.330 e. The quantitative estimate of drug-likeness (QED) is 0.736. The Morgan fingerprint density at radius 1 is 1.55 bits per heavy atom. The SMILES string of the molecule is NCCc1c(F)cncc1Cl. The van der Waals surface area contributed by atoms with Crippen LogP contribution in [0.4, 0.5) is 4.39 Å². The van der Waals surface area contributed by atoms with Gasteiger partial charge in [0.1, 0.15) is 5.82 Å². The summed E-state index contributed by atoms with van der Waals surface area (Å²) in [5, 5.41) is 0.343. The lowest BCUT2D eigenvalue weighted by atomic mass is 10.2. The molecule has 1 aromatic rings. The van der Waals surface area contributed by atoms with Gasteiger partial charge in [-0.05, 0) is 13.0 Å². The van der Waals surface area contributed by atoms with E-state index in [0.717, 1.165) is 6.20 Å². The van der Waals surface area contributed by atoms with Gasteiger partial charge in [-0.3, -0.25) is 4.98 Å². The first-order chi connectivity index (χ1) is 5.25. The molecular weight excluding hydrogens is 167 g/mol. The van der Waals surface area contributed by atoms with Crippen LogP contribution in [0.1, 0.15) is 5.56 Å². The summed E-state index contributed by atoms with van der Waals surface area (Å²) in [6.45, 7) is 0.390. The summed E-state index contributed by atoms with van der Waals surface area (Å²) in [6.07, 6.45) is 3.00. The van der Waals surface area contributed by atoms with Crippen LogP contribution in [0.2, 0.25) is 5.02 Å². The molecule has 1 heterocycles. The first kappa shape index (κ1) is 8.43. The van der Waals surface area contributed by atoms with E-state index < -0.39 is 0 Å². The van der Waals surface area contributed by atoms with E-state index in [4.69, 9.17) is 17.3 Å². The lowest BCUT2D eigenvalue weighted by molar-refractivity contribution is 0.603. The van der Waals surface area contributed by atoms with Crippen LogP contribution in [0.3, 0.4) is 0 Å². The first-order valence-corrected chi connectivity index (χ1v) is 3.61. The topological polar surface area (TPSA) is 38.9 Å². The molecule has 0 aliphatic heterocycles. The fraction of sp³-hybridized carbons (Fsp3) is 0.286. The molecular formula is C7H8ClFN2. The second-order valence-corrected chi connectivity index (χ2v) is 2.53. The maximum atomic E-state index is 12.8. The molecule has 11 heavy (non-hydrogen) atoms. The summed E-state index contributed by atoms with van der Waals surface area (Å²) in [5.74, 6) is -0.386. The van der Waals surface area contributed by atoms with Crippen molar-refractivity contribution in [3.05, 3.63) is 28.8 Å². The molecule has 0 atom stereocenters. The fourth-order valence-corrected chi connectivity index (χ4v) is 1.06. The number of nitrogens with two attached hydrogens (primary N) is 1. The monoisotopic (exact) mass is 174 g/mol. The van der Waals surface area contributed by atoms with Gasteiger partial charge >= 0.3 is 0 Å². The van der Waals surface area contributed by atoms with E-state index in [9.17, 15) is 4.39 Å². The predicted octanol–water partition coefficient (Wildman–Crippen LogP) is 1.38. The normalized spacial score (nSPS) is 10.1. The second-order valence-electron chi connectivity index (χ2n) is 2.12. The predicted molar refractivity (Wildman–Crippen MR) is 42.0 cm³/mol. The van der Waals surface area contributed by atoms with E-state index in [0.29, 0.717) is 23.6 Å². The van der Waals surface area contributed by atoms with Gasteiger partial charge in [-0.2, -0.15) is 0 Å². The Labute approximate surface area is 69.2 Å². The molecule has 2 N–H and O–H groups in total. The van der Waals surface area contributed by atoms with E-state index in [2.05, 4.69) is 4.98 Å². The van der Waals surface area contributed by atoms with Gasteiger partial charge in [0, 0.05) is 11.8 Å². The van der Waals surface area contributed by atoms with Gasteiger partial charge in [0.25, 0.3) is 0 Å². The maximum Gasteiger partial charge on any atom is 0.146 e. The minimum atomic E-state index is -0.386. The molecule has 0 spiro atoms. The summed E-state index contributed by atoms with van der Waals surface area (Å²) >= 11 is 5.65. The number of rotatable bonds is 2. The molecule has 2 nitrogen and oxygen atoms in total. The molecule has 0 saturated heterocycles. The molecule has 1 aromatic heterocycles. The third-order valence-corrected chi connectivity index (χ3v) is 1.67. The van der Waals surface area contributed by atoms with Crippen molar-refractivity contribution in [1.82, 2.24) is 4.98 Å². The smallest absolute Gasteiger partial charge is 0.146 e. The highest BCUT2D eigenvalue weighted by atomic mass is 35.5. The highest BCUT2D eigenvalue weighted by Gasteiger charge is 2.05. The number of halogens is 2. The molecule has 0 aromatic carbocycles. The van der Waals surface area contributed by atoms with Crippen LogP contribution in [-0.2, 0) is 6.42 Å². The number of hydrogen-bond donors (Lipinski definition) is 1. The van der Waals surface area contributed by atoms with Crippen LogP contribution in [0.15, 0.2) is 12.4 Å². The van der Waals surface area contributed by atoms with Crippen molar-refractivity contribution in [3.8, 4) is 0 Å². The second kappa shape index (κ2) is 3.64. The van der Waals surface area contributed by atoms with Crippen molar-refractivity contribution < 1.29 is 4.39 Å². The number of hydrogen-bond acceptors (Lipinski definition) is 2. The van der Waals surface area contributed by atoms with E-state index in [1.54, 1.807) is 0 Å². The first-order valence-electron chi connectivity index (χ1n) is 3.23. The molecule has 1 rings (SSSR count). The van der Waals surface area contributed by atoms with Crippen molar-refractivity contribution >= 4 is 11.6 Å². The van der Waals surface area contributed by atoms with E-state index >= 15 is 0 Å². The molecule has 0 radical (unpaired) electrons. The van der Waals surface area contributed by atoms with Gasteiger partial charge in [0.05, 0.1) is 11.2 Å². The van der Waals surface area contributed by atoms with Crippen molar-refractivity contribution in [2.75, 3.05) is 6.54 Å². The van der Waals surface area contributed by atoms with Crippen LogP contribution < -0.4 is 5.73 Å². The molecule has 0 unspecified atom stereocenters. The summed E-state index contributed by atoms with van der Waals surface area (Å²) in [4.78, 5) is 3.58. The number of nitrogens with zero attached hydrogens (tertiary/aromatic N) is 1. The highest BCUT2D eigenvalue weighted by Crippen LogP contribution is 2.16. The van der Waals surface area contributed by atoms with Crippen molar-refractivity contribution in [2.45, 2.75) is 6.42 Å². The molecule has 0 bridgehead atoms. The van der Waals surface area contributed by atoms with Crippen LogP contribution in [-0.4, -0.2) is 11.5 Å². The zero-order chi connectivity index (χ0) is 8.27. The van der Waals surface area contributed by atoms with Crippen LogP contribution >= 0.6 is 11.6 Å². The van der Waals surface area contributed by atoms with Crippen LogP contribution in [0.5, 0.6) is 0 Å². The fourth-order valence-electron chi connectivity index (χ4n) is 0.821. The van der Waals surface area contributed by atoms with Crippen molar-refractivity contribution in [2.24, 2.45) is 5.73 Å². The largest absolute Gasteiger partial charge is 0.330 e. The highest BCUT2D eigenvalue weighted by molar-refractivity contribution is 6.31. The van der Waals surface area contributed by atoms with Crippen molar-refractivity contribution in [3.63, 3.8) is 0 Å². The van der Waals surface area contributed by atoms with Gasteiger partial charge in [0.15, 0.2) is 0 Å². The van der Waals surface area contributed by atoms with Gasteiger partial charge in [-0.1, -0.05) is 11.6 Å². The minimum absolute atomic E-state index is 0.343. The molecule has 60 valence electrons.